The van der Waals surface area contributed by atoms with Gasteiger partial charge in [-0.05, 0) is 18.1 Å². The Kier molecular flexibility index (Phi) is 5.45. The molecule has 3 heterocycles. The molecule has 2 aliphatic heterocycles. The highest BCUT2D eigenvalue weighted by Gasteiger charge is 2.30. The van der Waals surface area contributed by atoms with E-state index in [-0.39, 0.29) is 17.6 Å². The summed E-state index contributed by atoms with van der Waals surface area (Å²) in [5, 5.41) is 11.5. The summed E-state index contributed by atoms with van der Waals surface area (Å²) < 4.78 is 15.7. The van der Waals surface area contributed by atoms with Crippen molar-refractivity contribution in [2.24, 2.45) is 0 Å². The number of halogens is 1. The lowest BCUT2D eigenvalue weighted by Gasteiger charge is -2.26. The number of hydrogen-bond donors (Lipinski definition) is 1. The third-order valence-corrected chi connectivity index (χ3v) is 5.43. The van der Waals surface area contributed by atoms with Crippen molar-refractivity contribution < 1.29 is 9.18 Å². The summed E-state index contributed by atoms with van der Waals surface area (Å²) in [6.45, 7) is 6.85. The Morgan fingerprint density at radius 3 is 2.81 bits per heavy atom. The van der Waals surface area contributed by atoms with E-state index < -0.39 is 0 Å². The molecular formula is C19H25FN6O. The van der Waals surface area contributed by atoms with E-state index in [1.54, 1.807) is 27.9 Å². The molecule has 8 heteroatoms. The van der Waals surface area contributed by atoms with E-state index >= 15 is 0 Å². The molecule has 1 atom stereocenters. The number of nitrogens with one attached hydrogen (secondary N) is 1. The molecule has 144 valence electrons. The van der Waals surface area contributed by atoms with Crippen LogP contribution in [0.15, 0.2) is 30.5 Å². The smallest absolute Gasteiger partial charge is 0.276 e. The second kappa shape index (κ2) is 8.14. The highest BCUT2D eigenvalue weighted by molar-refractivity contribution is 5.92. The van der Waals surface area contributed by atoms with Crippen molar-refractivity contribution in [1.29, 1.82) is 0 Å². The monoisotopic (exact) mass is 372 g/mol. The number of aromatic nitrogens is 3. The minimum absolute atomic E-state index is 0.0397. The lowest BCUT2D eigenvalue weighted by Crippen LogP contribution is -2.44. The standard InChI is InChI=1S/C19H25FN6O/c20-17-4-2-1-3-16(17)15-5-8-25(13-15)19(27)18-14-26(23-22-18)12-11-24-9-6-21-7-10-24/h1-4,14-15,21H,5-13H2/t15-/m0/s1. The fraction of sp³-hybridized carbons (Fsp3) is 0.526. The van der Waals surface area contributed by atoms with Crippen LogP contribution in [0, 0.1) is 5.82 Å². The van der Waals surface area contributed by atoms with Gasteiger partial charge in [0.1, 0.15) is 5.82 Å². The first-order chi connectivity index (χ1) is 13.2. The zero-order valence-electron chi connectivity index (χ0n) is 15.4. The number of nitrogens with zero attached hydrogens (tertiary/aromatic N) is 5. The van der Waals surface area contributed by atoms with Crippen molar-refractivity contribution in [3.05, 3.63) is 47.5 Å². The van der Waals surface area contributed by atoms with E-state index in [1.165, 1.54) is 6.07 Å². The number of carbonyl (C=O) groups excluding carboxylic acids is 1. The molecule has 0 saturated carbocycles. The van der Waals surface area contributed by atoms with Crippen LogP contribution in [0.25, 0.3) is 0 Å². The summed E-state index contributed by atoms with van der Waals surface area (Å²) >= 11 is 0. The quantitative estimate of drug-likeness (QED) is 0.847. The average molecular weight is 372 g/mol. The van der Waals surface area contributed by atoms with Crippen LogP contribution in [0.2, 0.25) is 0 Å². The third-order valence-electron chi connectivity index (χ3n) is 5.43. The van der Waals surface area contributed by atoms with Gasteiger partial charge in [0, 0.05) is 51.7 Å². The Hall–Kier alpha value is -2.32. The lowest BCUT2D eigenvalue weighted by molar-refractivity contribution is 0.0784. The van der Waals surface area contributed by atoms with Crippen molar-refractivity contribution in [1.82, 2.24) is 30.1 Å². The molecule has 0 aliphatic carbocycles. The molecule has 2 aromatic rings. The molecule has 2 fully saturated rings. The topological polar surface area (TPSA) is 66.3 Å². The minimum Gasteiger partial charge on any atom is -0.337 e. The van der Waals surface area contributed by atoms with Crippen LogP contribution in [0.4, 0.5) is 4.39 Å². The summed E-state index contributed by atoms with van der Waals surface area (Å²) in [5.41, 5.74) is 1.05. The van der Waals surface area contributed by atoms with Gasteiger partial charge >= 0.3 is 0 Å². The van der Waals surface area contributed by atoms with Gasteiger partial charge in [-0.3, -0.25) is 14.4 Å². The number of likely N-dealkylation sites (tertiary alicyclic amines) is 1. The van der Waals surface area contributed by atoms with Crippen molar-refractivity contribution in [2.45, 2.75) is 18.9 Å². The molecule has 1 aromatic heterocycles. The second-order valence-corrected chi connectivity index (χ2v) is 7.22. The van der Waals surface area contributed by atoms with Gasteiger partial charge in [-0.15, -0.1) is 5.10 Å². The normalized spacial score (nSPS) is 20.9. The number of benzene rings is 1. The molecule has 2 aliphatic rings. The van der Waals surface area contributed by atoms with Crippen molar-refractivity contribution in [2.75, 3.05) is 45.8 Å². The Balaban J connectivity index is 1.33. The summed E-state index contributed by atoms with van der Waals surface area (Å²) in [5.74, 6) is -0.282. The maximum absolute atomic E-state index is 14.0. The molecule has 2 saturated heterocycles. The summed E-state index contributed by atoms with van der Waals surface area (Å²) in [4.78, 5) is 16.9. The molecular weight excluding hydrogens is 347 g/mol. The molecule has 0 bridgehead atoms. The van der Waals surface area contributed by atoms with Crippen molar-refractivity contribution in [3.63, 3.8) is 0 Å². The minimum atomic E-state index is -0.198. The van der Waals surface area contributed by atoms with Gasteiger partial charge in [-0.25, -0.2) is 4.39 Å². The zero-order valence-corrected chi connectivity index (χ0v) is 15.4. The van der Waals surface area contributed by atoms with E-state index in [0.29, 0.717) is 24.3 Å². The van der Waals surface area contributed by atoms with Gasteiger partial charge < -0.3 is 10.2 Å². The van der Waals surface area contributed by atoms with Crippen molar-refractivity contribution >= 4 is 5.91 Å². The summed E-state index contributed by atoms with van der Waals surface area (Å²) in [6, 6.07) is 6.81. The highest BCUT2D eigenvalue weighted by atomic mass is 19.1. The highest BCUT2D eigenvalue weighted by Crippen LogP contribution is 2.29. The van der Waals surface area contributed by atoms with E-state index in [1.807, 2.05) is 6.07 Å². The summed E-state index contributed by atoms with van der Waals surface area (Å²) in [6.07, 6.45) is 2.49. The molecule has 4 rings (SSSR count). The Labute approximate surface area is 158 Å². The molecule has 0 unspecified atom stereocenters. The maximum atomic E-state index is 14.0. The van der Waals surface area contributed by atoms with Crippen LogP contribution in [-0.4, -0.2) is 76.5 Å². The largest absolute Gasteiger partial charge is 0.337 e. The van der Waals surface area contributed by atoms with Gasteiger partial charge in [-0.1, -0.05) is 23.4 Å². The van der Waals surface area contributed by atoms with Gasteiger partial charge in [0.2, 0.25) is 0 Å². The van der Waals surface area contributed by atoms with E-state index in [9.17, 15) is 9.18 Å². The van der Waals surface area contributed by atoms with Crippen LogP contribution in [-0.2, 0) is 6.54 Å². The Morgan fingerprint density at radius 2 is 2.00 bits per heavy atom. The molecule has 0 spiro atoms. The fourth-order valence-electron chi connectivity index (χ4n) is 3.85. The van der Waals surface area contributed by atoms with Crippen LogP contribution in [0.5, 0.6) is 0 Å². The van der Waals surface area contributed by atoms with Crippen LogP contribution >= 0.6 is 0 Å². The first kappa shape index (κ1) is 18.1. The first-order valence-corrected chi connectivity index (χ1v) is 9.57. The number of piperazine rings is 1. The molecule has 1 aromatic carbocycles. The Bertz CT molecular complexity index is 788. The van der Waals surface area contributed by atoms with Crippen LogP contribution in [0.3, 0.4) is 0 Å². The second-order valence-electron chi connectivity index (χ2n) is 7.22. The van der Waals surface area contributed by atoms with Crippen molar-refractivity contribution in [3.8, 4) is 0 Å². The SMILES string of the molecule is O=C(c1cn(CCN2CCNCC2)nn1)N1CC[C@H](c2ccccc2F)C1. The van der Waals surface area contributed by atoms with Gasteiger partial charge in [0.25, 0.3) is 5.91 Å². The van der Waals surface area contributed by atoms with E-state index in [0.717, 1.165) is 45.7 Å². The van der Waals surface area contributed by atoms with Crippen LogP contribution in [0.1, 0.15) is 28.4 Å². The van der Waals surface area contributed by atoms with E-state index in [4.69, 9.17) is 0 Å². The maximum Gasteiger partial charge on any atom is 0.276 e. The number of carbonyl (C=O) groups is 1. The fourth-order valence-corrected chi connectivity index (χ4v) is 3.85. The molecule has 27 heavy (non-hydrogen) atoms. The lowest BCUT2D eigenvalue weighted by atomic mass is 9.98. The number of amides is 1. The molecule has 0 radical (unpaired) electrons. The predicted octanol–water partition coefficient (Wildman–Crippen LogP) is 0.952. The number of rotatable bonds is 5. The van der Waals surface area contributed by atoms with Gasteiger partial charge in [0.05, 0.1) is 12.7 Å². The summed E-state index contributed by atoms with van der Waals surface area (Å²) in [7, 11) is 0. The van der Waals surface area contributed by atoms with Gasteiger partial charge in [0.15, 0.2) is 5.69 Å². The predicted molar refractivity (Wildman–Crippen MR) is 99.0 cm³/mol. The molecule has 1 amide bonds. The molecule has 1 N–H and O–H groups in total. The molecule has 7 nitrogen and oxygen atoms in total. The third kappa shape index (κ3) is 4.17. The first-order valence-electron chi connectivity index (χ1n) is 9.57. The van der Waals surface area contributed by atoms with Crippen LogP contribution < -0.4 is 5.32 Å². The number of hydrogen-bond acceptors (Lipinski definition) is 5. The van der Waals surface area contributed by atoms with Gasteiger partial charge in [-0.2, -0.15) is 0 Å². The Morgan fingerprint density at radius 1 is 1.19 bits per heavy atom. The van der Waals surface area contributed by atoms with E-state index in [2.05, 4.69) is 20.5 Å². The average Bonchev–Trinajstić information content (AvgIpc) is 3.37. The zero-order chi connectivity index (χ0) is 18.6.